The first-order chi connectivity index (χ1) is 24.2. The second kappa shape index (κ2) is 17.6. The van der Waals surface area contributed by atoms with Crippen molar-refractivity contribution < 1.29 is 37.4 Å². The Balaban J connectivity index is 1.51. The van der Waals surface area contributed by atoms with Gasteiger partial charge in [-0.15, -0.1) is 0 Å². The normalized spacial score (nSPS) is 14.4. The van der Waals surface area contributed by atoms with Gasteiger partial charge in [-0.2, -0.15) is 0 Å². The Morgan fingerprint density at radius 3 is 2.27 bits per heavy atom. The number of aromatic nitrogens is 2. The lowest BCUT2D eigenvalue weighted by atomic mass is 9.91. The van der Waals surface area contributed by atoms with Crippen molar-refractivity contribution in [2.24, 2.45) is 22.4 Å². The number of aliphatic carboxylic acids is 1. The Kier molecular flexibility index (Phi) is 13.3. The molecule has 17 heteroatoms. The Hall–Kier alpha value is -5.22. The van der Waals surface area contributed by atoms with Crippen LogP contribution < -0.4 is 22.1 Å². The number of hydrogen-bond acceptors (Lipinski definition) is 9. The third kappa shape index (κ3) is 11.1. The van der Waals surface area contributed by atoms with Crippen molar-refractivity contribution in [1.82, 2.24) is 20.6 Å². The van der Waals surface area contributed by atoms with Crippen molar-refractivity contribution in [2.75, 3.05) is 19.4 Å². The fourth-order valence-corrected chi connectivity index (χ4v) is 6.39. The summed E-state index contributed by atoms with van der Waals surface area (Å²) >= 11 is 5.87. The number of aliphatic imine (C=N–C) groups is 1. The van der Waals surface area contributed by atoms with Gasteiger partial charge >= 0.3 is 12.1 Å². The number of carbonyl (C=O) groups is 4. The number of benzene rings is 2. The molecule has 2 amide bonds. The molecule has 1 aliphatic rings. The molecule has 0 saturated carbocycles. The third-order valence-electron chi connectivity index (χ3n) is 8.22. The molecule has 0 radical (unpaired) electrons. The van der Waals surface area contributed by atoms with Gasteiger partial charge < -0.3 is 36.9 Å². The number of sulfone groups is 1. The second-order valence-corrected chi connectivity index (χ2v) is 14.7. The van der Waals surface area contributed by atoms with E-state index in [1.165, 1.54) is 12.5 Å². The van der Waals surface area contributed by atoms with Gasteiger partial charge in [0.15, 0.2) is 21.6 Å². The number of H-pyrrole nitrogens is 1. The van der Waals surface area contributed by atoms with Crippen LogP contribution in [0.1, 0.15) is 48.4 Å². The van der Waals surface area contributed by atoms with Crippen LogP contribution in [0.4, 0.5) is 4.79 Å². The number of aromatic amines is 1. The molecule has 1 aliphatic carbocycles. The number of amides is 2. The summed E-state index contributed by atoms with van der Waals surface area (Å²) in [4.78, 5) is 62.9. The minimum atomic E-state index is -3.89. The topological polar surface area (TPSA) is 249 Å². The molecule has 2 aromatic carbocycles. The number of ketones is 1. The van der Waals surface area contributed by atoms with E-state index in [4.69, 9.17) is 27.8 Å². The maximum atomic E-state index is 13.8. The molecule has 0 spiro atoms. The molecule has 8 N–H and O–H groups in total. The average Bonchev–Trinajstić information content (AvgIpc) is 3.70. The van der Waals surface area contributed by atoms with Crippen molar-refractivity contribution in [2.45, 2.75) is 50.1 Å². The molecule has 0 unspecified atom stereocenters. The van der Waals surface area contributed by atoms with E-state index in [2.05, 4.69) is 25.6 Å². The molecule has 272 valence electrons. The van der Waals surface area contributed by atoms with E-state index in [-0.39, 0.29) is 37.9 Å². The smallest absolute Gasteiger partial charge is 0.407 e. The van der Waals surface area contributed by atoms with Crippen molar-refractivity contribution in [1.29, 1.82) is 0 Å². The van der Waals surface area contributed by atoms with E-state index < -0.39 is 68.8 Å². The first-order valence-electron chi connectivity index (χ1n) is 16.0. The Labute approximate surface area is 299 Å². The van der Waals surface area contributed by atoms with E-state index in [0.717, 1.165) is 34.6 Å². The van der Waals surface area contributed by atoms with Gasteiger partial charge in [0.1, 0.15) is 11.0 Å². The fraction of sp³-hybridized carbons (Fsp3) is 0.353. The van der Waals surface area contributed by atoms with Gasteiger partial charge in [-0.05, 0) is 41.2 Å². The molecule has 15 nitrogen and oxygen atoms in total. The highest BCUT2D eigenvalue weighted by molar-refractivity contribution is 7.96. The number of carbonyl (C=O) groups excluding carboxylic acids is 3. The Bertz CT molecular complexity index is 1850. The van der Waals surface area contributed by atoms with Gasteiger partial charge in [0.05, 0.1) is 30.7 Å². The standard InChI is InChI=1S/C34H40ClN7O8S/c1-51(48,49)30(35)15-21(16-31(44)45)41-32(46)20(13-22-17-38-19-40-22)14-29(43)28(11-6-12-39-33(36)37)42-34(47)50-18-27-25-9-4-2-7-23(25)24-8-3-5-10-26(24)27/h2-5,7-10,15,17,19-21,27-28H,6,11-14,16,18H2,1H3,(H,38,40)(H,41,46)(H,42,47)(H,44,45)(H4,36,37,39)/b30-15+/t20-,21-,28+/m1/s1. The summed E-state index contributed by atoms with van der Waals surface area (Å²) in [6, 6.07) is 13.3. The van der Waals surface area contributed by atoms with E-state index in [9.17, 15) is 32.7 Å². The number of alkyl carbamates (subject to hydrolysis) is 1. The zero-order valence-electron chi connectivity index (χ0n) is 27.8. The minimum absolute atomic E-state index is 0.00808. The van der Waals surface area contributed by atoms with Crippen molar-refractivity contribution in [3.63, 3.8) is 0 Å². The van der Waals surface area contributed by atoms with Crippen LogP contribution in [0.5, 0.6) is 0 Å². The first-order valence-corrected chi connectivity index (χ1v) is 18.3. The first kappa shape index (κ1) is 38.6. The Morgan fingerprint density at radius 1 is 1.06 bits per heavy atom. The SMILES string of the molecule is CS(=O)(=O)/C(Cl)=C/[C@H](CC(=O)O)NC(=O)[C@@H](CC(=O)[C@H](CCCN=C(N)N)NC(=O)OCC1c2ccccc2-c2ccccc21)Cc1cnc[nH]1. The summed E-state index contributed by atoms with van der Waals surface area (Å²) in [5, 5.41) is 14.5. The number of ether oxygens (including phenoxy) is 1. The van der Waals surface area contributed by atoms with Gasteiger partial charge in [-0.1, -0.05) is 60.1 Å². The van der Waals surface area contributed by atoms with Crippen molar-refractivity contribution >= 4 is 51.2 Å². The number of rotatable bonds is 18. The quantitative estimate of drug-likeness (QED) is 0.0628. The Morgan fingerprint density at radius 2 is 1.71 bits per heavy atom. The molecule has 0 bridgehead atoms. The molecule has 51 heavy (non-hydrogen) atoms. The van der Waals surface area contributed by atoms with Gasteiger partial charge in [0.25, 0.3) is 0 Å². The van der Waals surface area contributed by atoms with Crippen LogP contribution in [0.15, 0.2) is 76.5 Å². The molecular weight excluding hydrogens is 702 g/mol. The zero-order chi connectivity index (χ0) is 37.1. The third-order valence-corrected chi connectivity index (χ3v) is 10.0. The van der Waals surface area contributed by atoms with Crippen LogP contribution in [0, 0.1) is 5.92 Å². The molecule has 0 saturated heterocycles. The lowest BCUT2D eigenvalue weighted by molar-refractivity contribution is -0.137. The number of carboxylic acids is 1. The average molecular weight is 742 g/mol. The maximum Gasteiger partial charge on any atom is 0.407 e. The molecular formula is C34H40ClN7O8S. The van der Waals surface area contributed by atoms with Crippen LogP contribution in [-0.4, -0.2) is 84.7 Å². The number of carboxylic acid groups (broad SMARTS) is 1. The lowest BCUT2D eigenvalue weighted by Crippen LogP contribution is -2.45. The van der Waals surface area contributed by atoms with E-state index in [1.54, 1.807) is 0 Å². The maximum absolute atomic E-state index is 13.8. The number of fused-ring (bicyclic) bond motifs is 3. The predicted octanol–water partition coefficient (Wildman–Crippen LogP) is 2.57. The highest BCUT2D eigenvalue weighted by Crippen LogP contribution is 2.44. The van der Waals surface area contributed by atoms with Crippen LogP contribution in [-0.2, 0) is 35.4 Å². The molecule has 0 fully saturated rings. The molecule has 0 aliphatic heterocycles. The molecule has 4 rings (SSSR count). The molecule has 1 aromatic heterocycles. The van der Waals surface area contributed by atoms with Crippen LogP contribution in [0.2, 0.25) is 0 Å². The van der Waals surface area contributed by atoms with Gasteiger partial charge in [-0.3, -0.25) is 19.4 Å². The number of hydrogen-bond donors (Lipinski definition) is 6. The monoisotopic (exact) mass is 741 g/mol. The van der Waals surface area contributed by atoms with Crippen molar-refractivity contribution in [3.8, 4) is 11.1 Å². The fourth-order valence-electron chi connectivity index (χ4n) is 5.83. The van der Waals surface area contributed by atoms with E-state index in [1.807, 2.05) is 48.5 Å². The van der Waals surface area contributed by atoms with Crippen LogP contribution in [0.25, 0.3) is 11.1 Å². The summed E-state index contributed by atoms with van der Waals surface area (Å²) in [5.41, 5.74) is 15.5. The number of imidazole rings is 1. The van der Waals surface area contributed by atoms with Crippen molar-refractivity contribution in [3.05, 3.63) is 88.3 Å². The highest BCUT2D eigenvalue weighted by atomic mass is 35.5. The summed E-state index contributed by atoms with van der Waals surface area (Å²) in [7, 11) is -3.89. The number of guanidine groups is 1. The lowest BCUT2D eigenvalue weighted by Gasteiger charge is -2.23. The number of nitrogens with two attached hydrogens (primary N) is 2. The van der Waals surface area contributed by atoms with Gasteiger partial charge in [0.2, 0.25) is 5.91 Å². The van der Waals surface area contributed by atoms with Gasteiger partial charge in [-0.25, -0.2) is 18.2 Å². The second-order valence-electron chi connectivity index (χ2n) is 12.1. The summed E-state index contributed by atoms with van der Waals surface area (Å²) in [6.45, 7) is 0.176. The van der Waals surface area contributed by atoms with E-state index in [0.29, 0.717) is 12.1 Å². The molecule has 3 aromatic rings. The molecule has 3 atom stereocenters. The number of nitrogens with zero attached hydrogens (tertiary/aromatic N) is 2. The summed E-state index contributed by atoms with van der Waals surface area (Å²) < 4.78 is 28.8. The number of halogens is 1. The van der Waals surface area contributed by atoms with E-state index >= 15 is 0 Å². The highest BCUT2D eigenvalue weighted by Gasteiger charge is 2.32. The molecule has 1 heterocycles. The number of Topliss-reactive ketones (excluding diaryl/α,β-unsaturated/α-hetero) is 1. The summed E-state index contributed by atoms with van der Waals surface area (Å²) in [6.07, 6.45) is 3.06. The van der Waals surface area contributed by atoms with Crippen LogP contribution >= 0.6 is 11.6 Å². The van der Waals surface area contributed by atoms with Gasteiger partial charge in [0, 0.05) is 43.5 Å². The largest absolute Gasteiger partial charge is 0.481 e. The minimum Gasteiger partial charge on any atom is -0.481 e. The number of nitrogens with one attached hydrogen (secondary N) is 3. The zero-order valence-corrected chi connectivity index (χ0v) is 29.3. The summed E-state index contributed by atoms with van der Waals surface area (Å²) in [5.74, 6) is -4.05. The van der Waals surface area contributed by atoms with Crippen LogP contribution in [0.3, 0.4) is 0 Å². The predicted molar refractivity (Wildman–Crippen MR) is 190 cm³/mol.